The molecule has 0 aliphatic carbocycles. The maximum atomic E-state index is 12.2. The maximum Gasteiger partial charge on any atom is 0.251 e. The van der Waals surface area contributed by atoms with E-state index >= 15 is 0 Å². The summed E-state index contributed by atoms with van der Waals surface area (Å²) in [7, 11) is 3.24. The highest BCUT2D eigenvalue weighted by Crippen LogP contribution is 2.27. The second-order valence-corrected chi connectivity index (χ2v) is 7.00. The van der Waals surface area contributed by atoms with E-state index in [9.17, 15) is 4.79 Å². The van der Waals surface area contributed by atoms with Gasteiger partial charge in [-0.2, -0.15) is 0 Å². The van der Waals surface area contributed by atoms with Crippen LogP contribution in [0, 0.1) is 0 Å². The number of carbonyl (C=O) groups is 1. The number of aromatic nitrogens is 1. The lowest BCUT2D eigenvalue weighted by Crippen LogP contribution is -2.40. The standard InChI is InChI=1S/C20H27N3O3/c1-20(2,3)23-19(24)15-9-11-22-18(13-15)21-10-8-14-6-7-16(25-4)17(12-14)26-5/h6-7,9,11-13H,8,10H2,1-5H3,(H,21,22)(H,23,24). The molecule has 1 amide bonds. The number of amides is 1. The molecule has 0 spiro atoms. The van der Waals surface area contributed by atoms with Gasteiger partial charge in [-0.3, -0.25) is 4.79 Å². The van der Waals surface area contributed by atoms with E-state index in [-0.39, 0.29) is 11.4 Å². The SMILES string of the molecule is COc1ccc(CCNc2cc(C(=O)NC(C)(C)C)ccn2)cc1OC. The molecule has 0 bridgehead atoms. The summed E-state index contributed by atoms with van der Waals surface area (Å²) >= 11 is 0. The second kappa shape index (κ2) is 8.56. The zero-order valence-corrected chi connectivity index (χ0v) is 16.1. The summed E-state index contributed by atoms with van der Waals surface area (Å²) in [6.07, 6.45) is 2.43. The fourth-order valence-corrected chi connectivity index (χ4v) is 2.45. The Kier molecular flexibility index (Phi) is 6.44. The Morgan fingerprint density at radius 2 is 1.81 bits per heavy atom. The molecule has 2 rings (SSSR count). The average molecular weight is 357 g/mol. The molecule has 2 N–H and O–H groups in total. The maximum absolute atomic E-state index is 12.2. The van der Waals surface area contributed by atoms with Crippen LogP contribution in [0.3, 0.4) is 0 Å². The summed E-state index contributed by atoms with van der Waals surface area (Å²) < 4.78 is 10.6. The minimum atomic E-state index is -0.276. The number of ether oxygens (including phenoxy) is 2. The molecule has 1 aromatic heterocycles. The number of nitrogens with zero attached hydrogens (tertiary/aromatic N) is 1. The summed E-state index contributed by atoms with van der Waals surface area (Å²) in [6, 6.07) is 9.32. The number of pyridine rings is 1. The van der Waals surface area contributed by atoms with E-state index in [1.54, 1.807) is 32.5 Å². The molecule has 0 radical (unpaired) electrons. The number of methoxy groups -OCH3 is 2. The molecule has 0 unspecified atom stereocenters. The van der Waals surface area contributed by atoms with Gasteiger partial charge in [0.15, 0.2) is 11.5 Å². The van der Waals surface area contributed by atoms with Gasteiger partial charge in [0.05, 0.1) is 14.2 Å². The topological polar surface area (TPSA) is 72.5 Å². The number of anilines is 1. The van der Waals surface area contributed by atoms with Crippen molar-refractivity contribution >= 4 is 11.7 Å². The van der Waals surface area contributed by atoms with Gasteiger partial charge in [-0.15, -0.1) is 0 Å². The molecule has 140 valence electrons. The van der Waals surface area contributed by atoms with Crippen molar-refractivity contribution in [3.63, 3.8) is 0 Å². The lowest BCUT2D eigenvalue weighted by Gasteiger charge is -2.20. The first kappa shape index (κ1) is 19.6. The van der Waals surface area contributed by atoms with Gasteiger partial charge < -0.3 is 20.1 Å². The Morgan fingerprint density at radius 1 is 1.08 bits per heavy atom. The predicted molar refractivity (Wildman–Crippen MR) is 103 cm³/mol. The first-order valence-electron chi connectivity index (χ1n) is 8.56. The fourth-order valence-electron chi connectivity index (χ4n) is 2.45. The second-order valence-electron chi connectivity index (χ2n) is 7.00. The molecule has 1 aromatic carbocycles. The molecule has 0 atom stereocenters. The summed E-state index contributed by atoms with van der Waals surface area (Å²) in [6.45, 7) is 6.55. The van der Waals surface area contributed by atoms with Crippen molar-refractivity contribution in [1.29, 1.82) is 0 Å². The van der Waals surface area contributed by atoms with Crippen molar-refractivity contribution < 1.29 is 14.3 Å². The number of benzene rings is 1. The van der Waals surface area contributed by atoms with Crippen molar-refractivity contribution in [3.05, 3.63) is 47.7 Å². The normalized spacial score (nSPS) is 11.0. The average Bonchev–Trinajstić information content (AvgIpc) is 2.60. The highest BCUT2D eigenvalue weighted by molar-refractivity contribution is 5.95. The van der Waals surface area contributed by atoms with Crippen molar-refractivity contribution in [2.45, 2.75) is 32.7 Å². The quantitative estimate of drug-likeness (QED) is 0.796. The highest BCUT2D eigenvalue weighted by Gasteiger charge is 2.15. The molecule has 0 aliphatic rings. The lowest BCUT2D eigenvalue weighted by atomic mass is 10.1. The molecule has 6 heteroatoms. The Bertz CT molecular complexity index is 754. The Balaban J connectivity index is 1.96. The fraction of sp³-hybridized carbons (Fsp3) is 0.400. The smallest absolute Gasteiger partial charge is 0.251 e. The van der Waals surface area contributed by atoms with Crippen LogP contribution in [0.1, 0.15) is 36.7 Å². The molecular formula is C20H27N3O3. The summed E-state index contributed by atoms with van der Waals surface area (Å²) in [4.78, 5) is 16.5. The van der Waals surface area contributed by atoms with Crippen LogP contribution in [0.15, 0.2) is 36.5 Å². The molecular weight excluding hydrogens is 330 g/mol. The van der Waals surface area contributed by atoms with Crippen LogP contribution in [0.4, 0.5) is 5.82 Å². The first-order chi connectivity index (χ1) is 12.3. The third-order valence-electron chi connectivity index (χ3n) is 3.68. The molecule has 0 aliphatic heterocycles. The molecule has 1 heterocycles. The van der Waals surface area contributed by atoms with Crippen LogP contribution in [-0.4, -0.2) is 37.2 Å². The van der Waals surface area contributed by atoms with E-state index < -0.39 is 0 Å². The largest absolute Gasteiger partial charge is 0.493 e. The number of rotatable bonds is 7. The first-order valence-corrected chi connectivity index (χ1v) is 8.56. The van der Waals surface area contributed by atoms with Crippen LogP contribution in [-0.2, 0) is 6.42 Å². The molecule has 2 aromatic rings. The van der Waals surface area contributed by atoms with Gasteiger partial charge in [-0.05, 0) is 57.0 Å². The Morgan fingerprint density at radius 3 is 2.46 bits per heavy atom. The Labute approximate surface area is 154 Å². The van der Waals surface area contributed by atoms with E-state index in [1.807, 2.05) is 39.0 Å². The third-order valence-corrected chi connectivity index (χ3v) is 3.68. The van der Waals surface area contributed by atoms with Crippen LogP contribution in [0.5, 0.6) is 11.5 Å². The minimum Gasteiger partial charge on any atom is -0.493 e. The van der Waals surface area contributed by atoms with Crippen LogP contribution in [0.2, 0.25) is 0 Å². The van der Waals surface area contributed by atoms with E-state index in [0.717, 1.165) is 12.0 Å². The van der Waals surface area contributed by atoms with E-state index in [2.05, 4.69) is 15.6 Å². The van der Waals surface area contributed by atoms with Crippen molar-refractivity contribution in [2.24, 2.45) is 0 Å². The van der Waals surface area contributed by atoms with Crippen molar-refractivity contribution in [3.8, 4) is 11.5 Å². The molecule has 0 saturated carbocycles. The van der Waals surface area contributed by atoms with Gasteiger partial charge in [0.25, 0.3) is 5.91 Å². The number of carbonyl (C=O) groups excluding carboxylic acids is 1. The molecule has 0 saturated heterocycles. The van der Waals surface area contributed by atoms with Gasteiger partial charge in [0, 0.05) is 23.8 Å². The van der Waals surface area contributed by atoms with E-state index in [4.69, 9.17) is 9.47 Å². The van der Waals surface area contributed by atoms with E-state index in [1.165, 1.54) is 0 Å². The predicted octanol–water partition coefficient (Wildman–Crippen LogP) is 3.28. The van der Waals surface area contributed by atoms with Crippen LogP contribution < -0.4 is 20.1 Å². The number of nitrogens with one attached hydrogen (secondary N) is 2. The molecule has 26 heavy (non-hydrogen) atoms. The van der Waals surface area contributed by atoms with Gasteiger partial charge in [-0.1, -0.05) is 6.07 Å². The monoisotopic (exact) mass is 357 g/mol. The lowest BCUT2D eigenvalue weighted by molar-refractivity contribution is 0.0919. The van der Waals surface area contributed by atoms with E-state index in [0.29, 0.717) is 29.4 Å². The Hall–Kier alpha value is -2.76. The summed E-state index contributed by atoms with van der Waals surface area (Å²) in [5.74, 6) is 1.99. The van der Waals surface area contributed by atoms with Crippen molar-refractivity contribution in [1.82, 2.24) is 10.3 Å². The summed E-state index contributed by atoms with van der Waals surface area (Å²) in [5.41, 5.74) is 1.43. The third kappa shape index (κ3) is 5.65. The van der Waals surface area contributed by atoms with Crippen LogP contribution >= 0.6 is 0 Å². The van der Waals surface area contributed by atoms with Gasteiger partial charge in [0.2, 0.25) is 0 Å². The van der Waals surface area contributed by atoms with Gasteiger partial charge in [-0.25, -0.2) is 4.98 Å². The van der Waals surface area contributed by atoms with Crippen LogP contribution in [0.25, 0.3) is 0 Å². The van der Waals surface area contributed by atoms with Crippen molar-refractivity contribution in [2.75, 3.05) is 26.1 Å². The van der Waals surface area contributed by atoms with Gasteiger partial charge >= 0.3 is 0 Å². The zero-order valence-electron chi connectivity index (χ0n) is 16.1. The van der Waals surface area contributed by atoms with Gasteiger partial charge in [0.1, 0.15) is 5.82 Å². The number of hydrogen-bond donors (Lipinski definition) is 2. The minimum absolute atomic E-state index is 0.108. The zero-order chi connectivity index (χ0) is 19.2. The highest BCUT2D eigenvalue weighted by atomic mass is 16.5. The summed E-state index contributed by atoms with van der Waals surface area (Å²) in [5, 5.41) is 6.20. The molecule has 0 fully saturated rings. The number of hydrogen-bond acceptors (Lipinski definition) is 5. The molecule has 6 nitrogen and oxygen atoms in total.